The van der Waals surface area contributed by atoms with Crippen molar-refractivity contribution in [1.29, 1.82) is 0 Å². The molecule has 0 unspecified atom stereocenters. The van der Waals surface area contributed by atoms with Crippen LogP contribution in [-0.4, -0.2) is 37.3 Å². The zero-order valence-electron chi connectivity index (χ0n) is 12.0. The molecule has 24 heavy (non-hydrogen) atoms. The van der Waals surface area contributed by atoms with Crippen LogP contribution in [-0.2, 0) is 6.18 Å². The van der Waals surface area contributed by atoms with Crippen LogP contribution in [0.5, 0.6) is 0 Å². The van der Waals surface area contributed by atoms with Gasteiger partial charge in [-0.3, -0.25) is 0 Å². The molecule has 0 amide bonds. The van der Waals surface area contributed by atoms with Crippen LogP contribution in [0.2, 0.25) is 0 Å². The van der Waals surface area contributed by atoms with Gasteiger partial charge in [-0.2, -0.15) is 13.2 Å². The number of hydrogen-bond acceptors (Lipinski definition) is 5. The summed E-state index contributed by atoms with van der Waals surface area (Å²) in [6.07, 6.45) is -0.899. The predicted molar refractivity (Wildman–Crippen MR) is 80.9 cm³/mol. The van der Waals surface area contributed by atoms with E-state index in [-0.39, 0.29) is 27.8 Å². The highest BCUT2D eigenvalue weighted by Gasteiger charge is 2.36. The molecule has 0 radical (unpaired) electrons. The fourth-order valence-electron chi connectivity index (χ4n) is 2.20. The molecule has 0 aromatic carbocycles. The molecule has 124 valence electrons. The van der Waals surface area contributed by atoms with E-state index in [1.54, 1.807) is 6.26 Å². The summed E-state index contributed by atoms with van der Waals surface area (Å²) < 4.78 is 39.8. The van der Waals surface area contributed by atoms with Gasteiger partial charge in [0.2, 0.25) is 0 Å². The topological polar surface area (TPSA) is 91.8 Å². The van der Waals surface area contributed by atoms with Crippen LogP contribution in [0, 0.1) is 0 Å². The van der Waals surface area contributed by atoms with Crippen molar-refractivity contribution in [3.05, 3.63) is 35.8 Å². The maximum absolute atomic E-state index is 13.3. The first-order valence-corrected chi connectivity index (χ1v) is 7.73. The van der Waals surface area contributed by atoms with E-state index in [1.165, 1.54) is 18.3 Å². The van der Waals surface area contributed by atoms with Gasteiger partial charge in [-0.15, -0.1) is 0 Å². The normalized spacial score (nSPS) is 11.8. The minimum absolute atomic E-state index is 0.169. The minimum Gasteiger partial charge on any atom is -0.477 e. The number of H-pyrrole nitrogens is 1. The number of carbonyl (C=O) groups is 1. The first-order chi connectivity index (χ1) is 11.3. The zero-order valence-corrected chi connectivity index (χ0v) is 12.9. The van der Waals surface area contributed by atoms with Crippen molar-refractivity contribution in [2.45, 2.75) is 11.3 Å². The zero-order chi connectivity index (χ0) is 17.5. The van der Waals surface area contributed by atoms with Crippen LogP contribution in [0.15, 0.2) is 29.7 Å². The molecule has 3 aromatic heterocycles. The Balaban J connectivity index is 2.25. The molecule has 0 aliphatic carbocycles. The Morgan fingerprint density at radius 3 is 2.67 bits per heavy atom. The fourth-order valence-corrected chi connectivity index (χ4v) is 2.54. The molecule has 0 bridgehead atoms. The van der Waals surface area contributed by atoms with Crippen LogP contribution < -0.4 is 0 Å². The Morgan fingerprint density at radius 1 is 1.29 bits per heavy atom. The molecule has 0 aliphatic rings. The number of nitrogens with zero attached hydrogens (tertiary/aromatic N) is 3. The summed E-state index contributed by atoms with van der Waals surface area (Å²) >= 11 is 1.12. The average molecular weight is 354 g/mol. The van der Waals surface area contributed by atoms with Gasteiger partial charge < -0.3 is 10.1 Å². The second-order valence-electron chi connectivity index (χ2n) is 4.72. The minimum atomic E-state index is -4.62. The van der Waals surface area contributed by atoms with E-state index in [0.29, 0.717) is 5.39 Å². The lowest BCUT2D eigenvalue weighted by Crippen LogP contribution is -2.10. The van der Waals surface area contributed by atoms with Crippen LogP contribution in [0.4, 0.5) is 13.2 Å². The van der Waals surface area contributed by atoms with Gasteiger partial charge >= 0.3 is 12.1 Å². The number of aromatic amines is 1. The summed E-state index contributed by atoms with van der Waals surface area (Å²) in [5.41, 5.74) is -1.11. The van der Waals surface area contributed by atoms with Gasteiger partial charge in [-0.25, -0.2) is 19.7 Å². The number of aromatic carboxylic acids is 1. The maximum atomic E-state index is 13.3. The number of hydrogen-bond donors (Lipinski definition) is 2. The van der Waals surface area contributed by atoms with E-state index in [0.717, 1.165) is 18.0 Å². The lowest BCUT2D eigenvalue weighted by Gasteiger charge is -2.11. The van der Waals surface area contributed by atoms with Gasteiger partial charge in [0.1, 0.15) is 11.2 Å². The van der Waals surface area contributed by atoms with Crippen LogP contribution in [0.1, 0.15) is 16.1 Å². The average Bonchev–Trinajstić information content (AvgIpc) is 2.96. The monoisotopic (exact) mass is 354 g/mol. The Hall–Kier alpha value is -2.62. The Morgan fingerprint density at radius 2 is 2.04 bits per heavy atom. The number of carboxylic acid groups (broad SMARTS) is 1. The lowest BCUT2D eigenvalue weighted by atomic mass is 10.1. The number of thioether (sulfide) groups is 1. The second kappa shape index (κ2) is 5.78. The summed E-state index contributed by atoms with van der Waals surface area (Å²) in [4.78, 5) is 25.2. The number of alkyl halides is 3. The van der Waals surface area contributed by atoms with Gasteiger partial charge in [-0.1, -0.05) is 11.8 Å². The number of rotatable bonds is 3. The molecular formula is C14H9F3N4O2S. The third kappa shape index (κ3) is 2.80. The number of aromatic nitrogens is 4. The van der Waals surface area contributed by atoms with E-state index >= 15 is 0 Å². The van der Waals surface area contributed by atoms with Gasteiger partial charge in [-0.05, 0) is 18.4 Å². The van der Waals surface area contributed by atoms with Gasteiger partial charge in [0.05, 0.1) is 5.69 Å². The molecule has 10 heteroatoms. The van der Waals surface area contributed by atoms with Crippen molar-refractivity contribution in [1.82, 2.24) is 19.9 Å². The molecule has 0 saturated carbocycles. The van der Waals surface area contributed by atoms with Crippen LogP contribution in [0.3, 0.4) is 0 Å². The Bertz CT molecular complexity index is 939. The quantitative estimate of drug-likeness (QED) is 0.553. The van der Waals surface area contributed by atoms with E-state index in [9.17, 15) is 18.0 Å². The third-order valence-electron chi connectivity index (χ3n) is 3.27. The molecule has 0 atom stereocenters. The SMILES string of the molecule is CSc1ncc(C(F)(F)F)c(-c2c[nH]c3nc(C(=O)O)ccc23)n1. The van der Waals surface area contributed by atoms with Crippen LogP contribution in [0.25, 0.3) is 22.3 Å². The predicted octanol–water partition coefficient (Wildman–Crippen LogP) is 3.46. The van der Waals surface area contributed by atoms with E-state index < -0.39 is 17.7 Å². The standard InChI is InChI=1S/C14H9F3N4O2S/c1-24-13-19-5-8(14(15,16)17)10(21-13)7-4-18-11-6(7)2-3-9(20-11)12(22)23/h2-5H,1H3,(H,18,20)(H,22,23). The largest absolute Gasteiger partial charge is 0.477 e. The number of halogens is 3. The molecule has 3 aromatic rings. The van der Waals surface area contributed by atoms with Crippen molar-refractivity contribution in [3.63, 3.8) is 0 Å². The van der Waals surface area contributed by atoms with E-state index in [4.69, 9.17) is 5.11 Å². The Kier molecular flexibility index (Phi) is 3.91. The van der Waals surface area contributed by atoms with Crippen molar-refractivity contribution >= 4 is 28.8 Å². The highest BCUT2D eigenvalue weighted by molar-refractivity contribution is 7.98. The molecule has 0 aliphatic heterocycles. The molecular weight excluding hydrogens is 345 g/mol. The summed E-state index contributed by atoms with van der Waals surface area (Å²) in [7, 11) is 0. The maximum Gasteiger partial charge on any atom is 0.419 e. The van der Waals surface area contributed by atoms with Crippen molar-refractivity contribution in [2.24, 2.45) is 0 Å². The highest BCUT2D eigenvalue weighted by atomic mass is 32.2. The second-order valence-corrected chi connectivity index (χ2v) is 5.49. The fraction of sp³-hybridized carbons (Fsp3) is 0.143. The number of pyridine rings is 1. The van der Waals surface area contributed by atoms with E-state index in [2.05, 4.69) is 19.9 Å². The highest BCUT2D eigenvalue weighted by Crippen LogP contribution is 2.38. The number of fused-ring (bicyclic) bond motifs is 1. The molecule has 3 rings (SSSR count). The molecule has 6 nitrogen and oxygen atoms in total. The molecule has 0 saturated heterocycles. The summed E-state index contributed by atoms with van der Waals surface area (Å²) in [6, 6.07) is 2.63. The number of carboxylic acids is 1. The van der Waals surface area contributed by atoms with Gasteiger partial charge in [0, 0.05) is 23.3 Å². The smallest absolute Gasteiger partial charge is 0.419 e. The van der Waals surface area contributed by atoms with Crippen molar-refractivity contribution in [3.8, 4) is 11.3 Å². The van der Waals surface area contributed by atoms with Crippen molar-refractivity contribution < 1.29 is 23.1 Å². The first kappa shape index (κ1) is 16.2. The third-order valence-corrected chi connectivity index (χ3v) is 3.83. The summed E-state index contributed by atoms with van der Waals surface area (Å²) in [6.45, 7) is 0. The van der Waals surface area contributed by atoms with Crippen LogP contribution >= 0.6 is 11.8 Å². The van der Waals surface area contributed by atoms with Crippen molar-refractivity contribution in [2.75, 3.05) is 6.26 Å². The summed E-state index contributed by atoms with van der Waals surface area (Å²) in [5, 5.41) is 9.48. The first-order valence-electron chi connectivity index (χ1n) is 6.51. The molecule has 3 heterocycles. The number of nitrogens with one attached hydrogen (secondary N) is 1. The lowest BCUT2D eigenvalue weighted by molar-refractivity contribution is -0.137. The Labute approximate surface area is 137 Å². The van der Waals surface area contributed by atoms with Gasteiger partial charge in [0.25, 0.3) is 0 Å². The van der Waals surface area contributed by atoms with Gasteiger partial charge in [0.15, 0.2) is 10.9 Å². The molecule has 2 N–H and O–H groups in total. The molecule has 0 spiro atoms. The van der Waals surface area contributed by atoms with E-state index in [1.807, 2.05) is 0 Å². The molecule has 0 fully saturated rings. The summed E-state index contributed by atoms with van der Waals surface area (Å²) in [5.74, 6) is -1.23.